The van der Waals surface area contributed by atoms with Crippen LogP contribution in [0.25, 0.3) is 0 Å². The standard InChI is InChI=1S/C26H36N2O3/c1-8-22(25(30)27-26(5,6)7)28(16-21-14-12-18(2)13-15-21)24(29)17-31-23-11-9-10-19(3)20(23)4/h9-15,22H,8,16-17H2,1-7H3,(H,27,30)/t22-/m1/s1. The Kier molecular flexibility index (Phi) is 8.26. The smallest absolute Gasteiger partial charge is 0.261 e. The van der Waals surface area contributed by atoms with Crippen LogP contribution in [0.3, 0.4) is 0 Å². The number of amides is 2. The minimum absolute atomic E-state index is 0.116. The number of carbonyl (C=O) groups excluding carboxylic acids is 2. The molecule has 0 saturated carbocycles. The fourth-order valence-electron chi connectivity index (χ4n) is 3.37. The van der Waals surface area contributed by atoms with Crippen LogP contribution in [0.5, 0.6) is 5.75 Å². The zero-order chi connectivity index (χ0) is 23.2. The molecule has 1 N–H and O–H groups in total. The lowest BCUT2D eigenvalue weighted by molar-refractivity contribution is -0.143. The lowest BCUT2D eigenvalue weighted by Gasteiger charge is -2.33. The molecule has 5 nitrogen and oxygen atoms in total. The monoisotopic (exact) mass is 424 g/mol. The molecule has 168 valence electrons. The Hall–Kier alpha value is -2.82. The number of carbonyl (C=O) groups is 2. The molecule has 0 spiro atoms. The molecule has 2 aromatic carbocycles. The lowest BCUT2D eigenvalue weighted by atomic mass is 10.1. The van der Waals surface area contributed by atoms with E-state index in [0.717, 1.165) is 22.3 Å². The first-order chi connectivity index (χ1) is 14.5. The molecular weight excluding hydrogens is 388 g/mol. The number of aryl methyl sites for hydroxylation is 2. The summed E-state index contributed by atoms with van der Waals surface area (Å²) in [6.45, 7) is 14.0. The molecule has 2 aromatic rings. The molecular formula is C26H36N2O3. The second-order valence-corrected chi connectivity index (χ2v) is 9.16. The van der Waals surface area contributed by atoms with Crippen molar-refractivity contribution < 1.29 is 14.3 Å². The van der Waals surface area contributed by atoms with E-state index >= 15 is 0 Å². The van der Waals surface area contributed by atoms with Gasteiger partial charge in [0, 0.05) is 12.1 Å². The van der Waals surface area contributed by atoms with E-state index in [1.54, 1.807) is 4.90 Å². The van der Waals surface area contributed by atoms with E-state index in [4.69, 9.17) is 4.74 Å². The molecule has 0 radical (unpaired) electrons. The van der Waals surface area contributed by atoms with Gasteiger partial charge in [0.05, 0.1) is 0 Å². The summed E-state index contributed by atoms with van der Waals surface area (Å²) in [5.74, 6) is 0.329. The van der Waals surface area contributed by atoms with Crippen molar-refractivity contribution in [2.75, 3.05) is 6.61 Å². The van der Waals surface area contributed by atoms with Crippen molar-refractivity contribution in [3.63, 3.8) is 0 Å². The molecule has 0 aliphatic heterocycles. The van der Waals surface area contributed by atoms with Crippen LogP contribution < -0.4 is 10.1 Å². The fraction of sp³-hybridized carbons (Fsp3) is 0.462. The maximum Gasteiger partial charge on any atom is 0.261 e. The third kappa shape index (κ3) is 7.12. The van der Waals surface area contributed by atoms with Gasteiger partial charge < -0.3 is 15.0 Å². The van der Waals surface area contributed by atoms with Crippen LogP contribution in [0.15, 0.2) is 42.5 Å². The number of rotatable bonds is 8. The van der Waals surface area contributed by atoms with Crippen molar-refractivity contribution in [3.05, 3.63) is 64.7 Å². The van der Waals surface area contributed by atoms with Crippen molar-refractivity contribution in [3.8, 4) is 5.75 Å². The van der Waals surface area contributed by atoms with Gasteiger partial charge in [-0.25, -0.2) is 0 Å². The highest BCUT2D eigenvalue weighted by atomic mass is 16.5. The van der Waals surface area contributed by atoms with E-state index in [1.807, 2.05) is 90.9 Å². The number of hydrogen-bond donors (Lipinski definition) is 1. The molecule has 2 amide bonds. The third-order valence-electron chi connectivity index (χ3n) is 5.26. The van der Waals surface area contributed by atoms with Crippen molar-refractivity contribution in [2.24, 2.45) is 0 Å². The largest absolute Gasteiger partial charge is 0.483 e. The summed E-state index contributed by atoms with van der Waals surface area (Å²) in [7, 11) is 0. The summed E-state index contributed by atoms with van der Waals surface area (Å²) < 4.78 is 5.87. The zero-order valence-electron chi connectivity index (χ0n) is 19.9. The molecule has 1 atom stereocenters. The Bertz CT molecular complexity index is 898. The molecule has 0 unspecified atom stereocenters. The van der Waals surface area contributed by atoms with Crippen LogP contribution in [-0.2, 0) is 16.1 Å². The van der Waals surface area contributed by atoms with Crippen molar-refractivity contribution in [2.45, 2.75) is 73.0 Å². The molecule has 0 fully saturated rings. The highest BCUT2D eigenvalue weighted by Crippen LogP contribution is 2.21. The van der Waals surface area contributed by atoms with Gasteiger partial charge >= 0.3 is 0 Å². The number of hydrogen-bond acceptors (Lipinski definition) is 3. The quantitative estimate of drug-likeness (QED) is 0.667. The van der Waals surface area contributed by atoms with Crippen molar-refractivity contribution in [1.29, 1.82) is 0 Å². The van der Waals surface area contributed by atoms with Gasteiger partial charge in [0.25, 0.3) is 5.91 Å². The highest BCUT2D eigenvalue weighted by molar-refractivity contribution is 5.88. The van der Waals surface area contributed by atoms with E-state index in [1.165, 1.54) is 0 Å². The highest BCUT2D eigenvalue weighted by Gasteiger charge is 2.31. The number of benzene rings is 2. The molecule has 0 bridgehead atoms. The number of nitrogens with one attached hydrogen (secondary N) is 1. The van der Waals surface area contributed by atoms with Crippen LogP contribution in [0.2, 0.25) is 0 Å². The average molecular weight is 425 g/mol. The molecule has 0 saturated heterocycles. The fourth-order valence-corrected chi connectivity index (χ4v) is 3.37. The van der Waals surface area contributed by atoms with Gasteiger partial charge in [0.15, 0.2) is 6.61 Å². The average Bonchev–Trinajstić information content (AvgIpc) is 2.69. The zero-order valence-corrected chi connectivity index (χ0v) is 19.9. The second kappa shape index (κ2) is 10.5. The molecule has 0 aliphatic rings. The van der Waals surface area contributed by atoms with E-state index in [0.29, 0.717) is 18.7 Å². The van der Waals surface area contributed by atoms with Gasteiger partial charge in [-0.15, -0.1) is 0 Å². The molecule has 31 heavy (non-hydrogen) atoms. The van der Waals surface area contributed by atoms with E-state index in [9.17, 15) is 9.59 Å². The third-order valence-corrected chi connectivity index (χ3v) is 5.26. The predicted octanol–water partition coefficient (Wildman–Crippen LogP) is 4.71. The van der Waals surface area contributed by atoms with Gasteiger partial charge in [-0.1, -0.05) is 48.9 Å². The Morgan fingerprint density at radius 2 is 1.68 bits per heavy atom. The summed E-state index contributed by atoms with van der Waals surface area (Å²) in [5.41, 5.74) is 3.87. The minimum Gasteiger partial charge on any atom is -0.483 e. The summed E-state index contributed by atoms with van der Waals surface area (Å²) in [5, 5.41) is 3.02. The Morgan fingerprint density at radius 1 is 1.03 bits per heavy atom. The predicted molar refractivity (Wildman–Crippen MR) is 125 cm³/mol. The number of nitrogens with zero attached hydrogens (tertiary/aromatic N) is 1. The summed E-state index contributed by atoms with van der Waals surface area (Å²) >= 11 is 0. The maximum atomic E-state index is 13.3. The van der Waals surface area contributed by atoms with Gasteiger partial charge in [0.1, 0.15) is 11.8 Å². The molecule has 0 aliphatic carbocycles. The van der Waals surface area contributed by atoms with Gasteiger partial charge in [0.2, 0.25) is 5.91 Å². The summed E-state index contributed by atoms with van der Waals surface area (Å²) in [6, 6.07) is 13.2. The van der Waals surface area contributed by atoms with Gasteiger partial charge in [-0.05, 0) is 70.7 Å². The van der Waals surface area contributed by atoms with Crippen LogP contribution in [0, 0.1) is 20.8 Å². The first-order valence-corrected chi connectivity index (χ1v) is 10.9. The first kappa shape index (κ1) is 24.4. The lowest BCUT2D eigenvalue weighted by Crippen LogP contribution is -2.54. The SMILES string of the molecule is CC[C@H](C(=O)NC(C)(C)C)N(Cc1ccc(C)cc1)C(=O)COc1cccc(C)c1C. The Labute approximate surface area is 186 Å². The number of ether oxygens (including phenoxy) is 1. The maximum absolute atomic E-state index is 13.3. The molecule has 2 rings (SSSR count). The van der Waals surface area contributed by atoms with Crippen molar-refractivity contribution in [1.82, 2.24) is 10.2 Å². The first-order valence-electron chi connectivity index (χ1n) is 10.9. The normalized spacial score (nSPS) is 12.2. The van der Waals surface area contributed by atoms with Crippen molar-refractivity contribution >= 4 is 11.8 Å². The van der Waals surface area contributed by atoms with E-state index < -0.39 is 6.04 Å². The summed E-state index contributed by atoms with van der Waals surface area (Å²) in [6.07, 6.45) is 0.517. The minimum atomic E-state index is -0.574. The van der Waals surface area contributed by atoms with E-state index in [-0.39, 0.29) is 24.0 Å². The molecule has 0 aromatic heterocycles. The van der Waals surface area contributed by atoms with E-state index in [2.05, 4.69) is 5.32 Å². The summed E-state index contributed by atoms with van der Waals surface area (Å²) in [4.78, 5) is 27.9. The van der Waals surface area contributed by atoms with Gasteiger partial charge in [-0.3, -0.25) is 9.59 Å². The Balaban J connectivity index is 2.26. The topological polar surface area (TPSA) is 58.6 Å². The van der Waals surface area contributed by atoms with Crippen LogP contribution in [0.1, 0.15) is 56.4 Å². The Morgan fingerprint density at radius 3 is 2.26 bits per heavy atom. The second-order valence-electron chi connectivity index (χ2n) is 9.16. The molecule has 0 heterocycles. The van der Waals surface area contributed by atoms with Crippen LogP contribution in [0.4, 0.5) is 0 Å². The van der Waals surface area contributed by atoms with Crippen LogP contribution in [-0.4, -0.2) is 34.9 Å². The molecule has 5 heteroatoms. The van der Waals surface area contributed by atoms with Crippen LogP contribution >= 0.6 is 0 Å². The van der Waals surface area contributed by atoms with Gasteiger partial charge in [-0.2, -0.15) is 0 Å².